The second-order valence-electron chi connectivity index (χ2n) is 4.23. The molecule has 6 heteroatoms. The second kappa shape index (κ2) is 7.21. The molecule has 1 atom stereocenters. The first-order valence-corrected chi connectivity index (χ1v) is 7.36. The highest BCUT2D eigenvalue weighted by molar-refractivity contribution is 7.10. The third kappa shape index (κ3) is 3.26. The Balaban J connectivity index is 2.13. The van der Waals surface area contributed by atoms with Crippen LogP contribution in [-0.4, -0.2) is 24.2 Å². The van der Waals surface area contributed by atoms with E-state index in [0.29, 0.717) is 24.3 Å². The smallest absolute Gasteiger partial charge is 0.224 e. The monoisotopic (exact) mass is 293 g/mol. The lowest BCUT2D eigenvalue weighted by Crippen LogP contribution is -2.20. The second-order valence-corrected chi connectivity index (χ2v) is 5.21. The van der Waals surface area contributed by atoms with Crippen LogP contribution >= 0.6 is 11.3 Å². The van der Waals surface area contributed by atoms with E-state index < -0.39 is 0 Å². The van der Waals surface area contributed by atoms with E-state index >= 15 is 0 Å². The number of aromatic nitrogens is 2. The Hall–Kier alpha value is -1.66. The van der Waals surface area contributed by atoms with E-state index in [1.165, 1.54) is 11.2 Å². The van der Waals surface area contributed by atoms with Gasteiger partial charge >= 0.3 is 0 Å². The molecule has 0 radical (unpaired) electrons. The van der Waals surface area contributed by atoms with Crippen molar-refractivity contribution in [2.75, 3.05) is 14.2 Å². The fraction of sp³-hybridized carbons (Fsp3) is 0.429. The van der Waals surface area contributed by atoms with E-state index in [-0.39, 0.29) is 0 Å². The average Bonchev–Trinajstić information content (AvgIpc) is 3.02. The van der Waals surface area contributed by atoms with E-state index in [2.05, 4.69) is 39.7 Å². The first-order valence-electron chi connectivity index (χ1n) is 6.48. The zero-order valence-electron chi connectivity index (χ0n) is 11.9. The lowest BCUT2D eigenvalue weighted by molar-refractivity contribution is 0.356. The van der Waals surface area contributed by atoms with Gasteiger partial charge in [-0.1, -0.05) is 13.0 Å². The van der Waals surface area contributed by atoms with Crippen molar-refractivity contribution in [3.8, 4) is 11.8 Å². The summed E-state index contributed by atoms with van der Waals surface area (Å²) in [5.74, 6) is 1.09. The molecule has 1 unspecified atom stereocenters. The molecule has 0 amide bonds. The molecule has 0 bridgehead atoms. The lowest BCUT2D eigenvalue weighted by atomic mass is 10.1. The molecule has 0 fully saturated rings. The van der Waals surface area contributed by atoms with Crippen LogP contribution in [0.25, 0.3) is 0 Å². The minimum atomic E-state index is 0.310. The quantitative estimate of drug-likeness (QED) is 0.850. The first-order chi connectivity index (χ1) is 9.80. The van der Waals surface area contributed by atoms with Crippen LogP contribution in [0.3, 0.4) is 0 Å². The molecule has 2 heterocycles. The van der Waals surface area contributed by atoms with Crippen molar-refractivity contribution in [3.63, 3.8) is 0 Å². The number of thiophene rings is 1. The van der Waals surface area contributed by atoms with Gasteiger partial charge in [-0.2, -0.15) is 0 Å². The summed E-state index contributed by atoms with van der Waals surface area (Å²) in [5, 5.41) is 5.60. The van der Waals surface area contributed by atoms with Gasteiger partial charge in [0.1, 0.15) is 6.33 Å². The van der Waals surface area contributed by atoms with Crippen LogP contribution < -0.4 is 14.8 Å². The summed E-state index contributed by atoms with van der Waals surface area (Å²) < 4.78 is 10.6. The number of ether oxygens (including phenoxy) is 2. The Morgan fingerprint density at radius 2 is 1.95 bits per heavy atom. The molecule has 0 saturated heterocycles. The van der Waals surface area contributed by atoms with Crippen LogP contribution in [0.4, 0.5) is 0 Å². The highest BCUT2D eigenvalue weighted by Crippen LogP contribution is 2.26. The summed E-state index contributed by atoms with van der Waals surface area (Å²) in [6.45, 7) is 2.76. The molecule has 0 aliphatic rings. The van der Waals surface area contributed by atoms with Gasteiger partial charge in [0.25, 0.3) is 0 Å². The van der Waals surface area contributed by atoms with Gasteiger partial charge in [-0.15, -0.1) is 11.3 Å². The molecule has 0 aliphatic heterocycles. The zero-order chi connectivity index (χ0) is 14.4. The van der Waals surface area contributed by atoms with Crippen molar-refractivity contribution in [2.45, 2.75) is 25.9 Å². The van der Waals surface area contributed by atoms with Crippen LogP contribution in [0.5, 0.6) is 11.8 Å². The molecule has 0 saturated carbocycles. The van der Waals surface area contributed by atoms with Crippen molar-refractivity contribution in [3.05, 3.63) is 34.3 Å². The molecule has 1 N–H and O–H groups in total. The number of rotatable bonds is 7. The fourth-order valence-corrected chi connectivity index (χ4v) is 2.93. The van der Waals surface area contributed by atoms with Gasteiger partial charge in [-0.3, -0.25) is 0 Å². The summed E-state index contributed by atoms with van der Waals surface area (Å²) in [5.41, 5.74) is 0.840. The molecule has 2 aromatic heterocycles. The largest absolute Gasteiger partial charge is 0.481 e. The molecule has 0 aromatic carbocycles. The molecule has 0 aliphatic carbocycles. The zero-order valence-corrected chi connectivity index (χ0v) is 12.7. The van der Waals surface area contributed by atoms with E-state index in [1.54, 1.807) is 25.6 Å². The fourth-order valence-electron chi connectivity index (χ4n) is 2.05. The Morgan fingerprint density at radius 1 is 1.25 bits per heavy atom. The molecule has 2 aromatic rings. The SMILES string of the molecule is CCC(NCc1c(OC)ncnc1OC)c1cccs1. The van der Waals surface area contributed by atoms with E-state index in [1.807, 2.05) is 0 Å². The van der Waals surface area contributed by atoms with Crippen molar-refractivity contribution in [1.29, 1.82) is 0 Å². The summed E-state index contributed by atoms with van der Waals surface area (Å²) >= 11 is 1.75. The maximum absolute atomic E-state index is 5.28. The van der Waals surface area contributed by atoms with Gasteiger partial charge in [0.15, 0.2) is 0 Å². The van der Waals surface area contributed by atoms with Crippen molar-refractivity contribution >= 4 is 11.3 Å². The van der Waals surface area contributed by atoms with Gasteiger partial charge < -0.3 is 14.8 Å². The van der Waals surface area contributed by atoms with Gasteiger partial charge in [-0.05, 0) is 17.9 Å². The van der Waals surface area contributed by atoms with Crippen LogP contribution in [0.2, 0.25) is 0 Å². The van der Waals surface area contributed by atoms with Crippen LogP contribution in [0.15, 0.2) is 23.8 Å². The number of hydrogen-bond donors (Lipinski definition) is 1. The standard InChI is InChI=1S/C14H19N3O2S/c1-4-11(12-6-5-7-20-12)15-8-10-13(18-2)16-9-17-14(10)19-3/h5-7,9,11,15H,4,8H2,1-3H3. The maximum Gasteiger partial charge on any atom is 0.224 e. The van der Waals surface area contributed by atoms with Crippen LogP contribution in [0.1, 0.15) is 29.8 Å². The summed E-state index contributed by atoms with van der Waals surface area (Å²) in [6, 6.07) is 4.52. The summed E-state index contributed by atoms with van der Waals surface area (Å²) in [7, 11) is 3.20. The Labute approximate surface area is 123 Å². The maximum atomic E-state index is 5.28. The van der Waals surface area contributed by atoms with E-state index in [0.717, 1.165) is 12.0 Å². The Kier molecular flexibility index (Phi) is 5.31. The number of hydrogen-bond acceptors (Lipinski definition) is 6. The molecule has 108 valence electrons. The minimum absolute atomic E-state index is 0.310. The van der Waals surface area contributed by atoms with E-state index in [9.17, 15) is 0 Å². The van der Waals surface area contributed by atoms with Gasteiger partial charge in [0, 0.05) is 17.5 Å². The highest BCUT2D eigenvalue weighted by atomic mass is 32.1. The highest BCUT2D eigenvalue weighted by Gasteiger charge is 2.16. The topological polar surface area (TPSA) is 56.3 Å². The molecule has 2 rings (SSSR count). The van der Waals surface area contributed by atoms with E-state index in [4.69, 9.17) is 9.47 Å². The van der Waals surface area contributed by atoms with Gasteiger partial charge in [0.2, 0.25) is 11.8 Å². The summed E-state index contributed by atoms with van der Waals surface area (Å²) in [6.07, 6.45) is 2.45. The third-order valence-corrected chi connectivity index (χ3v) is 4.06. The minimum Gasteiger partial charge on any atom is -0.481 e. The molecule has 20 heavy (non-hydrogen) atoms. The van der Waals surface area contributed by atoms with Gasteiger partial charge in [0.05, 0.1) is 19.8 Å². The van der Waals surface area contributed by atoms with Crippen LogP contribution in [-0.2, 0) is 6.54 Å². The number of methoxy groups -OCH3 is 2. The van der Waals surface area contributed by atoms with Crippen LogP contribution in [0, 0.1) is 0 Å². The summed E-state index contributed by atoms with van der Waals surface area (Å²) in [4.78, 5) is 9.56. The lowest BCUT2D eigenvalue weighted by Gasteiger charge is -2.17. The van der Waals surface area contributed by atoms with Crippen molar-refractivity contribution in [1.82, 2.24) is 15.3 Å². The van der Waals surface area contributed by atoms with Crippen molar-refractivity contribution in [2.24, 2.45) is 0 Å². The third-order valence-electron chi connectivity index (χ3n) is 3.07. The Bertz CT molecular complexity index is 509. The molecular formula is C14H19N3O2S. The van der Waals surface area contributed by atoms with Crippen molar-refractivity contribution < 1.29 is 9.47 Å². The molecule has 5 nitrogen and oxygen atoms in total. The molecular weight excluding hydrogens is 274 g/mol. The average molecular weight is 293 g/mol. The normalized spacial score (nSPS) is 12.2. The number of nitrogens with zero attached hydrogens (tertiary/aromatic N) is 2. The molecule has 0 spiro atoms. The Morgan fingerprint density at radius 3 is 2.45 bits per heavy atom. The first kappa shape index (κ1) is 14.7. The van der Waals surface area contributed by atoms with Gasteiger partial charge in [-0.25, -0.2) is 9.97 Å². The number of nitrogens with one attached hydrogen (secondary N) is 1. The predicted molar refractivity (Wildman–Crippen MR) is 79.3 cm³/mol. The predicted octanol–water partition coefficient (Wildman–Crippen LogP) is 2.80.